The molecule has 0 unspecified atom stereocenters. The number of hydrogen-bond donors (Lipinski definition) is 3. The summed E-state index contributed by atoms with van der Waals surface area (Å²) in [6.07, 6.45) is 0. The summed E-state index contributed by atoms with van der Waals surface area (Å²) >= 11 is 0. The maximum atomic E-state index is 12.3. The van der Waals surface area contributed by atoms with Crippen LogP contribution in [0.2, 0.25) is 0 Å². The van der Waals surface area contributed by atoms with Crippen molar-refractivity contribution < 1.29 is 14.4 Å². The van der Waals surface area contributed by atoms with E-state index in [1.165, 1.54) is 4.90 Å². The van der Waals surface area contributed by atoms with Crippen LogP contribution < -0.4 is 16.6 Å². The molecule has 1 aromatic carbocycles. The van der Waals surface area contributed by atoms with E-state index in [9.17, 15) is 14.4 Å². The Morgan fingerprint density at radius 1 is 1.32 bits per heavy atom. The fourth-order valence-electron chi connectivity index (χ4n) is 1.91. The number of anilines is 1. The van der Waals surface area contributed by atoms with Crippen LogP contribution in [0.5, 0.6) is 0 Å². The number of carbonyl (C=O) groups is 3. The highest BCUT2D eigenvalue weighted by Crippen LogP contribution is 2.18. The summed E-state index contributed by atoms with van der Waals surface area (Å²) in [4.78, 5) is 36.1. The molecule has 0 atom stereocenters. The molecule has 1 fully saturated rings. The highest BCUT2D eigenvalue weighted by atomic mass is 16.2. The Labute approximate surface area is 109 Å². The average Bonchev–Trinajstić information content (AvgIpc) is 2.36. The molecule has 2 rings (SSSR count). The van der Waals surface area contributed by atoms with Crippen molar-refractivity contribution in [1.82, 2.24) is 10.2 Å². The standard InChI is InChI=1S/C12H14N4O3/c1-7-2-3-9(15-13)8(4-7)12(19)16-5-10(17)14-11(18)6-16/h2-4,15H,5-6,13H2,1H3,(H,14,17,18). The third kappa shape index (κ3) is 2.71. The topological polar surface area (TPSA) is 105 Å². The first-order valence-electron chi connectivity index (χ1n) is 5.70. The second kappa shape index (κ2) is 5.07. The fraction of sp³-hybridized carbons (Fsp3) is 0.250. The molecule has 1 saturated heterocycles. The van der Waals surface area contributed by atoms with Crippen molar-refractivity contribution in [2.75, 3.05) is 18.5 Å². The van der Waals surface area contributed by atoms with Gasteiger partial charge in [-0.05, 0) is 19.1 Å². The van der Waals surface area contributed by atoms with Crippen molar-refractivity contribution in [3.8, 4) is 0 Å². The van der Waals surface area contributed by atoms with Crippen LogP contribution in [-0.2, 0) is 9.59 Å². The molecule has 7 heteroatoms. The number of benzene rings is 1. The van der Waals surface area contributed by atoms with Crippen molar-refractivity contribution in [3.63, 3.8) is 0 Å². The number of carbonyl (C=O) groups excluding carboxylic acids is 3. The molecule has 100 valence electrons. The number of imide groups is 1. The smallest absolute Gasteiger partial charge is 0.256 e. The number of nitrogen functional groups attached to an aromatic ring is 1. The molecule has 0 spiro atoms. The molecule has 0 aromatic heterocycles. The highest BCUT2D eigenvalue weighted by Gasteiger charge is 2.28. The van der Waals surface area contributed by atoms with Crippen LogP contribution in [-0.4, -0.2) is 35.7 Å². The van der Waals surface area contributed by atoms with Gasteiger partial charge in [-0.3, -0.25) is 25.5 Å². The molecule has 7 nitrogen and oxygen atoms in total. The fourth-order valence-corrected chi connectivity index (χ4v) is 1.91. The number of hydrazine groups is 1. The Balaban J connectivity index is 2.31. The third-order valence-electron chi connectivity index (χ3n) is 2.80. The predicted octanol–water partition coefficient (Wildman–Crippen LogP) is -0.621. The molecule has 1 aromatic rings. The number of nitrogens with two attached hydrogens (primary N) is 1. The van der Waals surface area contributed by atoms with Gasteiger partial charge in [-0.2, -0.15) is 0 Å². The zero-order valence-electron chi connectivity index (χ0n) is 10.4. The van der Waals surface area contributed by atoms with Crippen LogP contribution in [0.3, 0.4) is 0 Å². The summed E-state index contributed by atoms with van der Waals surface area (Å²) in [7, 11) is 0. The normalized spacial score (nSPS) is 15.2. The monoisotopic (exact) mass is 262 g/mol. The van der Waals surface area contributed by atoms with E-state index in [1.807, 2.05) is 6.92 Å². The van der Waals surface area contributed by atoms with Crippen molar-refractivity contribution >= 4 is 23.4 Å². The van der Waals surface area contributed by atoms with E-state index in [1.54, 1.807) is 18.2 Å². The van der Waals surface area contributed by atoms with E-state index in [0.717, 1.165) is 5.56 Å². The number of rotatable bonds is 2. The molecule has 0 saturated carbocycles. The first-order chi connectivity index (χ1) is 9.01. The Morgan fingerprint density at radius 2 is 1.95 bits per heavy atom. The van der Waals surface area contributed by atoms with E-state index in [4.69, 9.17) is 5.84 Å². The van der Waals surface area contributed by atoms with E-state index in [2.05, 4.69) is 10.7 Å². The molecule has 0 radical (unpaired) electrons. The molecule has 19 heavy (non-hydrogen) atoms. The molecular weight excluding hydrogens is 248 g/mol. The van der Waals surface area contributed by atoms with Gasteiger partial charge >= 0.3 is 0 Å². The number of piperazine rings is 1. The lowest BCUT2D eigenvalue weighted by atomic mass is 10.1. The Morgan fingerprint density at radius 3 is 2.53 bits per heavy atom. The molecule has 4 N–H and O–H groups in total. The first-order valence-corrected chi connectivity index (χ1v) is 5.70. The van der Waals surface area contributed by atoms with Crippen LogP contribution in [0, 0.1) is 6.92 Å². The lowest BCUT2D eigenvalue weighted by Gasteiger charge is -2.26. The minimum absolute atomic E-state index is 0.136. The minimum Gasteiger partial charge on any atom is -0.323 e. The zero-order valence-corrected chi connectivity index (χ0v) is 10.4. The molecule has 1 heterocycles. The molecule has 0 aliphatic carbocycles. The van der Waals surface area contributed by atoms with Gasteiger partial charge in [-0.15, -0.1) is 0 Å². The van der Waals surface area contributed by atoms with Crippen molar-refractivity contribution in [2.24, 2.45) is 5.84 Å². The minimum atomic E-state index is -0.487. The maximum absolute atomic E-state index is 12.3. The number of amides is 3. The van der Waals surface area contributed by atoms with Crippen LogP contribution >= 0.6 is 0 Å². The lowest BCUT2D eigenvalue weighted by molar-refractivity contribution is -0.135. The van der Waals surface area contributed by atoms with E-state index >= 15 is 0 Å². The number of nitrogens with zero attached hydrogens (tertiary/aromatic N) is 1. The average molecular weight is 262 g/mol. The largest absolute Gasteiger partial charge is 0.323 e. The number of hydrogen-bond acceptors (Lipinski definition) is 5. The van der Waals surface area contributed by atoms with E-state index < -0.39 is 17.7 Å². The van der Waals surface area contributed by atoms with Crippen LogP contribution in [0.25, 0.3) is 0 Å². The van der Waals surface area contributed by atoms with Gasteiger partial charge in [0.05, 0.1) is 11.3 Å². The van der Waals surface area contributed by atoms with Gasteiger partial charge in [0.1, 0.15) is 13.1 Å². The van der Waals surface area contributed by atoms with Gasteiger partial charge in [0.25, 0.3) is 5.91 Å². The summed E-state index contributed by atoms with van der Waals surface area (Å²) in [6, 6.07) is 5.14. The van der Waals surface area contributed by atoms with Gasteiger partial charge in [0.15, 0.2) is 0 Å². The quantitative estimate of drug-likeness (QED) is 0.374. The molecule has 1 aliphatic heterocycles. The SMILES string of the molecule is Cc1ccc(NN)c(C(=O)N2CC(=O)NC(=O)C2)c1. The van der Waals surface area contributed by atoms with Crippen LogP contribution in [0.15, 0.2) is 18.2 Å². The number of aryl methyl sites for hydroxylation is 1. The van der Waals surface area contributed by atoms with Crippen molar-refractivity contribution in [3.05, 3.63) is 29.3 Å². The summed E-state index contributed by atoms with van der Waals surface area (Å²) in [6.45, 7) is 1.57. The Bertz CT molecular complexity index is 540. The second-order valence-electron chi connectivity index (χ2n) is 4.33. The molecule has 0 bridgehead atoms. The summed E-state index contributed by atoms with van der Waals surface area (Å²) in [5.41, 5.74) is 4.11. The van der Waals surface area contributed by atoms with Crippen LogP contribution in [0.4, 0.5) is 5.69 Å². The van der Waals surface area contributed by atoms with Gasteiger partial charge in [-0.25, -0.2) is 0 Å². The zero-order chi connectivity index (χ0) is 14.0. The van der Waals surface area contributed by atoms with Crippen molar-refractivity contribution in [1.29, 1.82) is 0 Å². The van der Waals surface area contributed by atoms with Crippen LogP contribution in [0.1, 0.15) is 15.9 Å². The van der Waals surface area contributed by atoms with Gasteiger partial charge < -0.3 is 10.3 Å². The van der Waals surface area contributed by atoms with E-state index in [-0.39, 0.29) is 13.1 Å². The summed E-state index contributed by atoms with van der Waals surface area (Å²) in [5.74, 6) is 3.98. The maximum Gasteiger partial charge on any atom is 0.256 e. The summed E-state index contributed by atoms with van der Waals surface area (Å²) < 4.78 is 0. The van der Waals surface area contributed by atoms with Crippen molar-refractivity contribution in [2.45, 2.75) is 6.92 Å². The van der Waals surface area contributed by atoms with Gasteiger partial charge in [0.2, 0.25) is 11.8 Å². The first kappa shape index (κ1) is 13.0. The Hall–Kier alpha value is -2.41. The van der Waals surface area contributed by atoms with E-state index in [0.29, 0.717) is 11.3 Å². The molecule has 3 amide bonds. The van der Waals surface area contributed by atoms with Gasteiger partial charge in [-0.1, -0.05) is 11.6 Å². The third-order valence-corrected chi connectivity index (χ3v) is 2.80. The number of nitrogens with one attached hydrogen (secondary N) is 2. The predicted molar refractivity (Wildman–Crippen MR) is 68.0 cm³/mol. The molecule has 1 aliphatic rings. The Kier molecular flexibility index (Phi) is 3.48. The van der Waals surface area contributed by atoms with Gasteiger partial charge in [0, 0.05) is 0 Å². The second-order valence-corrected chi connectivity index (χ2v) is 4.33. The molecular formula is C12H14N4O3. The lowest BCUT2D eigenvalue weighted by Crippen LogP contribution is -2.53. The highest BCUT2D eigenvalue weighted by molar-refractivity contribution is 6.07. The summed E-state index contributed by atoms with van der Waals surface area (Å²) in [5, 5.41) is 2.14.